The molecule has 0 spiro atoms. The van der Waals surface area contributed by atoms with Gasteiger partial charge in [0.2, 0.25) is 0 Å². The van der Waals surface area contributed by atoms with Crippen LogP contribution in [-0.2, 0) is 19.2 Å². The molecule has 0 saturated carbocycles. The molecule has 1 aliphatic rings. The highest BCUT2D eigenvalue weighted by Crippen LogP contribution is 2.18. The number of hydrogen-bond acceptors (Lipinski definition) is 10. The third-order valence-corrected chi connectivity index (χ3v) is 6.04. The first-order chi connectivity index (χ1) is 22.1. The summed E-state index contributed by atoms with van der Waals surface area (Å²) in [5.41, 5.74) is 1.29. The van der Waals surface area contributed by atoms with Crippen LogP contribution in [0.5, 0.6) is 11.5 Å². The molecule has 1 saturated heterocycles. The van der Waals surface area contributed by atoms with E-state index in [1.54, 1.807) is 0 Å². The van der Waals surface area contributed by atoms with Gasteiger partial charge < -0.3 is 45.2 Å². The largest absolute Gasteiger partial charge is 0.492 e. The van der Waals surface area contributed by atoms with Gasteiger partial charge in [0, 0.05) is 74.8 Å². The summed E-state index contributed by atoms with van der Waals surface area (Å²) >= 11 is 0. The molecule has 3 rings (SSSR count). The Morgan fingerprint density at radius 1 is 0.745 bits per heavy atom. The highest BCUT2D eigenvalue weighted by Gasteiger charge is 2.17. The molecule has 0 aliphatic carbocycles. The fourth-order valence-electron chi connectivity index (χ4n) is 3.75. The number of para-hydroxylation sites is 1. The van der Waals surface area contributed by atoms with Crippen LogP contribution < -0.4 is 19.7 Å². The molecule has 6 N–H and O–H groups in total. The van der Waals surface area contributed by atoms with Crippen molar-refractivity contribution in [3.8, 4) is 11.5 Å². The van der Waals surface area contributed by atoms with Gasteiger partial charge in [0.15, 0.2) is 0 Å². The number of hydrogen-bond donors (Lipinski definition) is 6. The van der Waals surface area contributed by atoms with Crippen molar-refractivity contribution >= 4 is 29.6 Å². The van der Waals surface area contributed by atoms with E-state index in [-0.39, 0.29) is 12.1 Å². The number of benzene rings is 2. The monoisotopic (exact) mass is 659 g/mol. The van der Waals surface area contributed by atoms with Crippen molar-refractivity contribution in [3.63, 3.8) is 0 Å². The number of aliphatic hydroxyl groups excluding tert-OH is 1. The van der Waals surface area contributed by atoms with E-state index in [0.717, 1.165) is 44.2 Å². The summed E-state index contributed by atoms with van der Waals surface area (Å²) in [4.78, 5) is 43.1. The zero-order valence-corrected chi connectivity index (χ0v) is 26.8. The second-order valence-electron chi connectivity index (χ2n) is 11.1. The molecule has 2 aromatic carbocycles. The molecular formula is C33H45N3O11. The molecule has 47 heavy (non-hydrogen) atoms. The van der Waals surface area contributed by atoms with Crippen molar-refractivity contribution in [3.05, 3.63) is 78.9 Å². The number of aliphatic carboxylic acids is 4. The zero-order chi connectivity index (χ0) is 35.2. The molecule has 0 aromatic heterocycles. The van der Waals surface area contributed by atoms with Crippen LogP contribution in [-0.4, -0.2) is 118 Å². The first-order valence-corrected chi connectivity index (χ1v) is 14.7. The van der Waals surface area contributed by atoms with E-state index in [0.29, 0.717) is 37.5 Å². The van der Waals surface area contributed by atoms with Gasteiger partial charge in [-0.05, 0) is 57.2 Å². The molecule has 0 amide bonds. The summed E-state index contributed by atoms with van der Waals surface area (Å²) in [5.74, 6) is -3.45. The second kappa shape index (κ2) is 21.8. The average molecular weight is 660 g/mol. The van der Waals surface area contributed by atoms with Gasteiger partial charge in [-0.1, -0.05) is 18.2 Å². The van der Waals surface area contributed by atoms with Crippen LogP contribution >= 0.6 is 0 Å². The van der Waals surface area contributed by atoms with Gasteiger partial charge in [-0.3, -0.25) is 4.90 Å². The molecule has 1 fully saturated rings. The van der Waals surface area contributed by atoms with Crippen molar-refractivity contribution in [2.45, 2.75) is 32.4 Å². The number of ether oxygens (including phenoxy) is 2. The number of aliphatic hydroxyl groups is 1. The Kier molecular flexibility index (Phi) is 18.6. The molecular weight excluding hydrogens is 614 g/mol. The number of β-amino-alcohol motifs (C(OH)–C–C–N with tert-alkyl or cyclic N) is 1. The number of anilines is 1. The van der Waals surface area contributed by atoms with Gasteiger partial charge in [0.1, 0.15) is 30.8 Å². The van der Waals surface area contributed by atoms with E-state index in [1.807, 2.05) is 24.3 Å². The van der Waals surface area contributed by atoms with Crippen molar-refractivity contribution in [1.29, 1.82) is 0 Å². The smallest absolute Gasteiger partial charge is 0.328 e. The van der Waals surface area contributed by atoms with Crippen LogP contribution in [0.25, 0.3) is 0 Å². The van der Waals surface area contributed by atoms with Crippen LogP contribution in [0, 0.1) is 0 Å². The van der Waals surface area contributed by atoms with Crippen LogP contribution in [0.15, 0.2) is 78.9 Å². The van der Waals surface area contributed by atoms with E-state index in [2.05, 4.69) is 66.2 Å². The lowest BCUT2D eigenvalue weighted by Gasteiger charge is -2.36. The third kappa shape index (κ3) is 21.5. The Hall–Kier alpha value is -4.92. The number of piperazine rings is 1. The maximum absolute atomic E-state index is 10.0. The molecule has 258 valence electrons. The summed E-state index contributed by atoms with van der Waals surface area (Å²) in [6, 6.07) is 18.2. The SMILES string of the molecule is CC(C)(C)NC[C@H](O)COc1ccc(OCCN2CCN(c3ccccc3)CC2)cc1.O=C(O)/C=C\C(=O)O.O=C(O)/C=C\C(=O)O. The standard InChI is InChI=1S/C25H37N3O3.2C4H4O4/c1-25(2,3)26-19-22(29)20-31-24-11-9-23(10-12-24)30-18-17-27-13-15-28(16-14-27)21-7-5-4-6-8-21;2*5-3(6)1-2-4(7)8/h4-12,22,26,29H,13-20H2,1-3H3;2*1-2H,(H,5,6)(H,7,8)/b;2*2-1-/t22-;;/m0../s1. The molecule has 1 aliphatic heterocycles. The molecule has 0 radical (unpaired) electrons. The van der Waals surface area contributed by atoms with Crippen molar-refractivity contribution < 1.29 is 54.2 Å². The van der Waals surface area contributed by atoms with Gasteiger partial charge in [0.05, 0.1) is 0 Å². The summed E-state index contributed by atoms with van der Waals surface area (Å²) in [5, 5.41) is 44.5. The Morgan fingerprint density at radius 2 is 1.19 bits per heavy atom. The lowest BCUT2D eigenvalue weighted by molar-refractivity contribution is -0.134. The predicted molar refractivity (Wildman–Crippen MR) is 175 cm³/mol. The van der Waals surface area contributed by atoms with Crippen molar-refractivity contribution in [1.82, 2.24) is 10.2 Å². The number of carboxylic acids is 4. The summed E-state index contributed by atoms with van der Waals surface area (Å²) in [7, 11) is 0. The first-order valence-electron chi connectivity index (χ1n) is 14.7. The van der Waals surface area contributed by atoms with Gasteiger partial charge >= 0.3 is 23.9 Å². The normalized spacial score (nSPS) is 13.9. The van der Waals surface area contributed by atoms with E-state index in [9.17, 15) is 24.3 Å². The first kappa shape index (κ1) is 40.1. The third-order valence-electron chi connectivity index (χ3n) is 6.04. The van der Waals surface area contributed by atoms with Crippen LogP contribution in [0.3, 0.4) is 0 Å². The fraction of sp³-hybridized carbons (Fsp3) is 0.394. The molecule has 14 nitrogen and oxygen atoms in total. The number of carboxylic acid groups (broad SMARTS) is 4. The average Bonchev–Trinajstić information content (AvgIpc) is 3.02. The van der Waals surface area contributed by atoms with Gasteiger partial charge in [-0.2, -0.15) is 0 Å². The van der Waals surface area contributed by atoms with E-state index < -0.39 is 30.0 Å². The predicted octanol–water partition coefficient (Wildman–Crippen LogP) is 2.44. The summed E-state index contributed by atoms with van der Waals surface area (Å²) in [6.07, 6.45) is 1.69. The minimum atomic E-state index is -1.26. The zero-order valence-electron chi connectivity index (χ0n) is 26.8. The Morgan fingerprint density at radius 3 is 1.62 bits per heavy atom. The fourth-order valence-corrected chi connectivity index (χ4v) is 3.75. The molecule has 1 heterocycles. The Bertz CT molecular complexity index is 1220. The lowest BCUT2D eigenvalue weighted by Crippen LogP contribution is -2.47. The highest BCUT2D eigenvalue weighted by atomic mass is 16.5. The minimum absolute atomic E-state index is 0.0184. The molecule has 0 bridgehead atoms. The second-order valence-corrected chi connectivity index (χ2v) is 11.1. The van der Waals surface area contributed by atoms with Crippen LogP contribution in [0.4, 0.5) is 5.69 Å². The van der Waals surface area contributed by atoms with E-state index in [1.165, 1.54) is 5.69 Å². The molecule has 1 atom stereocenters. The summed E-state index contributed by atoms with van der Waals surface area (Å²) < 4.78 is 11.6. The minimum Gasteiger partial charge on any atom is -0.492 e. The van der Waals surface area contributed by atoms with Gasteiger partial charge in [-0.15, -0.1) is 0 Å². The van der Waals surface area contributed by atoms with Gasteiger partial charge in [0.25, 0.3) is 0 Å². The van der Waals surface area contributed by atoms with Crippen LogP contribution in [0.2, 0.25) is 0 Å². The van der Waals surface area contributed by atoms with Gasteiger partial charge in [-0.25, -0.2) is 19.2 Å². The number of carbonyl (C=O) groups is 4. The number of nitrogens with one attached hydrogen (secondary N) is 1. The van der Waals surface area contributed by atoms with Crippen LogP contribution in [0.1, 0.15) is 20.8 Å². The summed E-state index contributed by atoms with van der Waals surface area (Å²) in [6.45, 7) is 12.8. The molecule has 2 aromatic rings. The van der Waals surface area contributed by atoms with Crippen molar-refractivity contribution in [2.75, 3.05) is 57.4 Å². The lowest BCUT2D eigenvalue weighted by atomic mass is 10.1. The highest BCUT2D eigenvalue weighted by molar-refractivity contribution is 5.90. The molecule has 14 heteroatoms. The number of nitrogens with zero attached hydrogens (tertiary/aromatic N) is 2. The molecule has 0 unspecified atom stereocenters. The topological polar surface area (TPSA) is 206 Å². The van der Waals surface area contributed by atoms with E-state index in [4.69, 9.17) is 29.9 Å². The maximum Gasteiger partial charge on any atom is 0.328 e. The number of rotatable bonds is 14. The van der Waals surface area contributed by atoms with Crippen molar-refractivity contribution in [2.24, 2.45) is 0 Å². The quantitative estimate of drug-likeness (QED) is 0.161. The Balaban J connectivity index is 0.000000569. The maximum atomic E-state index is 10.0. The van der Waals surface area contributed by atoms with E-state index >= 15 is 0 Å². The Labute approximate surface area is 274 Å².